The topological polar surface area (TPSA) is 50.4 Å². The monoisotopic (exact) mass is 262 g/mol. The first-order chi connectivity index (χ1) is 9.20. The quantitative estimate of drug-likeness (QED) is 0.856. The zero-order valence-corrected chi connectivity index (χ0v) is 11.6. The first kappa shape index (κ1) is 13.9. The van der Waals surface area contributed by atoms with Crippen molar-refractivity contribution in [1.29, 1.82) is 0 Å². The molecule has 2 N–H and O–H groups in total. The number of carbonyl (C=O) groups is 1. The van der Waals surface area contributed by atoms with Gasteiger partial charge in [-0.15, -0.1) is 0 Å². The van der Waals surface area contributed by atoms with Gasteiger partial charge in [-0.25, -0.2) is 0 Å². The lowest BCUT2D eigenvalue weighted by Crippen LogP contribution is -2.37. The molecule has 1 aliphatic carbocycles. The molecule has 1 fully saturated rings. The molecular formula is C15H22N2O2. The second kappa shape index (κ2) is 6.57. The van der Waals surface area contributed by atoms with Crippen LogP contribution < -0.4 is 15.4 Å². The second-order valence-corrected chi connectivity index (χ2v) is 5.14. The number of ether oxygens (including phenoxy) is 1. The lowest BCUT2D eigenvalue weighted by Gasteiger charge is -2.17. The Balaban J connectivity index is 1.84. The molecule has 1 aromatic carbocycles. The fourth-order valence-corrected chi connectivity index (χ4v) is 2.61. The van der Waals surface area contributed by atoms with Gasteiger partial charge in [0.15, 0.2) is 0 Å². The van der Waals surface area contributed by atoms with Crippen molar-refractivity contribution in [3.8, 4) is 5.75 Å². The number of carbonyl (C=O) groups excluding carboxylic acids is 1. The largest absolute Gasteiger partial charge is 0.495 e. The van der Waals surface area contributed by atoms with Crippen LogP contribution in [-0.4, -0.2) is 25.6 Å². The van der Waals surface area contributed by atoms with E-state index < -0.39 is 0 Å². The van der Waals surface area contributed by atoms with Crippen molar-refractivity contribution in [2.45, 2.75) is 32.2 Å². The summed E-state index contributed by atoms with van der Waals surface area (Å²) in [7, 11) is 1.60. The average molecular weight is 262 g/mol. The molecule has 0 radical (unpaired) electrons. The molecular weight excluding hydrogens is 240 g/mol. The van der Waals surface area contributed by atoms with Crippen molar-refractivity contribution in [3.63, 3.8) is 0 Å². The number of anilines is 1. The molecule has 4 heteroatoms. The summed E-state index contributed by atoms with van der Waals surface area (Å²) in [5.74, 6) is 1.33. The fourth-order valence-electron chi connectivity index (χ4n) is 2.61. The molecule has 1 amide bonds. The lowest BCUT2D eigenvalue weighted by molar-refractivity contribution is -0.115. The maximum atomic E-state index is 11.9. The van der Waals surface area contributed by atoms with Gasteiger partial charge in [0.25, 0.3) is 0 Å². The molecule has 0 spiro atoms. The SMILES string of the molecule is COc1ccccc1NC(=O)CNC1CCCC1C. The molecule has 0 aliphatic heterocycles. The van der Waals surface area contributed by atoms with Crippen molar-refractivity contribution in [3.05, 3.63) is 24.3 Å². The summed E-state index contributed by atoms with van der Waals surface area (Å²) in [5, 5.41) is 6.21. The summed E-state index contributed by atoms with van der Waals surface area (Å²) in [6.07, 6.45) is 3.68. The first-order valence-corrected chi connectivity index (χ1v) is 6.87. The number of methoxy groups -OCH3 is 1. The Labute approximate surface area is 114 Å². The van der Waals surface area contributed by atoms with Gasteiger partial charge >= 0.3 is 0 Å². The van der Waals surface area contributed by atoms with Crippen molar-refractivity contribution in [1.82, 2.24) is 5.32 Å². The van der Waals surface area contributed by atoms with E-state index in [1.807, 2.05) is 24.3 Å². The van der Waals surface area contributed by atoms with Gasteiger partial charge in [0.05, 0.1) is 19.3 Å². The van der Waals surface area contributed by atoms with E-state index in [1.165, 1.54) is 19.3 Å². The summed E-state index contributed by atoms with van der Waals surface area (Å²) in [6, 6.07) is 7.91. The molecule has 0 aromatic heterocycles. The third kappa shape index (κ3) is 3.70. The molecule has 2 unspecified atom stereocenters. The summed E-state index contributed by atoms with van der Waals surface area (Å²) in [6.45, 7) is 2.59. The van der Waals surface area contributed by atoms with Gasteiger partial charge in [-0.05, 0) is 30.9 Å². The molecule has 0 bridgehead atoms. The Morgan fingerprint density at radius 2 is 2.16 bits per heavy atom. The highest BCUT2D eigenvalue weighted by Crippen LogP contribution is 2.25. The Kier molecular flexibility index (Phi) is 4.80. The zero-order valence-electron chi connectivity index (χ0n) is 11.6. The highest BCUT2D eigenvalue weighted by Gasteiger charge is 2.23. The van der Waals surface area contributed by atoms with Crippen LogP contribution in [0.4, 0.5) is 5.69 Å². The minimum absolute atomic E-state index is 0.0244. The Morgan fingerprint density at radius 3 is 2.84 bits per heavy atom. The number of amides is 1. The van der Waals surface area contributed by atoms with Crippen LogP contribution in [0, 0.1) is 5.92 Å². The van der Waals surface area contributed by atoms with Crippen LogP contribution >= 0.6 is 0 Å². The van der Waals surface area contributed by atoms with Crippen molar-refractivity contribution in [2.75, 3.05) is 19.0 Å². The van der Waals surface area contributed by atoms with Crippen molar-refractivity contribution in [2.24, 2.45) is 5.92 Å². The van der Waals surface area contributed by atoms with E-state index in [1.54, 1.807) is 7.11 Å². The summed E-state index contributed by atoms with van der Waals surface area (Å²) in [4.78, 5) is 11.9. The van der Waals surface area contributed by atoms with Gasteiger partial charge in [0.1, 0.15) is 5.75 Å². The molecule has 104 valence electrons. The molecule has 4 nitrogen and oxygen atoms in total. The number of hydrogen-bond acceptors (Lipinski definition) is 3. The molecule has 1 aliphatic rings. The number of hydrogen-bond donors (Lipinski definition) is 2. The van der Waals surface area contributed by atoms with Crippen LogP contribution in [0.5, 0.6) is 5.75 Å². The number of benzene rings is 1. The van der Waals surface area contributed by atoms with Crippen LogP contribution in [0.3, 0.4) is 0 Å². The highest BCUT2D eigenvalue weighted by molar-refractivity contribution is 5.93. The lowest BCUT2D eigenvalue weighted by atomic mass is 10.1. The zero-order chi connectivity index (χ0) is 13.7. The summed E-state index contributed by atoms with van der Waals surface area (Å²) >= 11 is 0. The maximum absolute atomic E-state index is 11.9. The van der Waals surface area contributed by atoms with E-state index >= 15 is 0 Å². The van der Waals surface area contributed by atoms with E-state index in [0.29, 0.717) is 24.3 Å². The van der Waals surface area contributed by atoms with Crippen LogP contribution in [0.25, 0.3) is 0 Å². The Hall–Kier alpha value is -1.55. The third-order valence-corrected chi connectivity index (χ3v) is 3.77. The van der Waals surface area contributed by atoms with Gasteiger partial charge < -0.3 is 15.4 Å². The molecule has 0 heterocycles. The van der Waals surface area contributed by atoms with Crippen molar-refractivity contribution < 1.29 is 9.53 Å². The molecule has 1 saturated carbocycles. The number of para-hydroxylation sites is 2. The number of rotatable bonds is 5. The second-order valence-electron chi connectivity index (χ2n) is 5.14. The van der Waals surface area contributed by atoms with Crippen LogP contribution in [0.2, 0.25) is 0 Å². The van der Waals surface area contributed by atoms with Gasteiger partial charge in [-0.3, -0.25) is 4.79 Å². The van der Waals surface area contributed by atoms with Crippen molar-refractivity contribution >= 4 is 11.6 Å². The van der Waals surface area contributed by atoms with Gasteiger partial charge in [0.2, 0.25) is 5.91 Å². The van der Waals surface area contributed by atoms with Crippen LogP contribution in [0.1, 0.15) is 26.2 Å². The minimum Gasteiger partial charge on any atom is -0.495 e. The molecule has 1 aromatic rings. The van der Waals surface area contributed by atoms with Gasteiger partial charge in [-0.1, -0.05) is 25.5 Å². The van der Waals surface area contributed by atoms with E-state index in [4.69, 9.17) is 4.74 Å². The van der Waals surface area contributed by atoms with Crippen LogP contribution in [0.15, 0.2) is 24.3 Å². The van der Waals surface area contributed by atoms with Crippen LogP contribution in [-0.2, 0) is 4.79 Å². The first-order valence-electron chi connectivity index (χ1n) is 6.87. The van der Waals surface area contributed by atoms with E-state index in [0.717, 1.165) is 5.69 Å². The maximum Gasteiger partial charge on any atom is 0.238 e. The predicted molar refractivity (Wildman–Crippen MR) is 76.4 cm³/mol. The normalized spacial score (nSPS) is 22.2. The molecule has 0 saturated heterocycles. The van der Waals surface area contributed by atoms with Gasteiger partial charge in [-0.2, -0.15) is 0 Å². The Bertz CT molecular complexity index is 434. The Morgan fingerprint density at radius 1 is 1.37 bits per heavy atom. The third-order valence-electron chi connectivity index (χ3n) is 3.77. The fraction of sp³-hybridized carbons (Fsp3) is 0.533. The van der Waals surface area contributed by atoms with Gasteiger partial charge in [0, 0.05) is 6.04 Å². The van der Waals surface area contributed by atoms with E-state index in [9.17, 15) is 4.79 Å². The molecule has 2 rings (SSSR count). The predicted octanol–water partition coefficient (Wildman–Crippen LogP) is 2.41. The summed E-state index contributed by atoms with van der Waals surface area (Å²) in [5.41, 5.74) is 0.719. The van der Waals surface area contributed by atoms with E-state index in [-0.39, 0.29) is 5.91 Å². The average Bonchev–Trinajstić information content (AvgIpc) is 2.82. The molecule has 19 heavy (non-hydrogen) atoms. The highest BCUT2D eigenvalue weighted by atomic mass is 16.5. The standard InChI is InChI=1S/C15H22N2O2/c1-11-6-5-8-12(11)16-10-15(18)17-13-7-3-4-9-14(13)19-2/h3-4,7,9,11-12,16H,5-6,8,10H2,1-2H3,(H,17,18). The smallest absolute Gasteiger partial charge is 0.238 e. The molecule has 2 atom stereocenters. The number of nitrogens with one attached hydrogen (secondary N) is 2. The summed E-state index contributed by atoms with van der Waals surface area (Å²) < 4.78 is 5.21. The minimum atomic E-state index is -0.0244. The van der Waals surface area contributed by atoms with E-state index in [2.05, 4.69) is 17.6 Å².